The molecule has 0 heterocycles. The average Bonchev–Trinajstić information content (AvgIpc) is 3.19. The van der Waals surface area contributed by atoms with Crippen molar-refractivity contribution < 1.29 is 33.4 Å². The van der Waals surface area contributed by atoms with Crippen molar-refractivity contribution in [2.24, 2.45) is 5.92 Å². The van der Waals surface area contributed by atoms with E-state index in [0.29, 0.717) is 12.0 Å². The molecule has 0 bridgehead atoms. The zero-order valence-corrected chi connectivity index (χ0v) is 35.6. The highest BCUT2D eigenvalue weighted by Gasteiger charge is 2.36. The van der Waals surface area contributed by atoms with E-state index in [0.717, 1.165) is 38.6 Å². The van der Waals surface area contributed by atoms with Crippen molar-refractivity contribution in [2.75, 3.05) is 7.11 Å². The quantitative estimate of drug-likeness (QED) is 0.0591. The van der Waals surface area contributed by atoms with Crippen LogP contribution in [0.4, 0.5) is 0 Å². The second-order valence-corrected chi connectivity index (χ2v) is 17.1. The Morgan fingerprint density at radius 3 is 1.93 bits per heavy atom. The molecule has 5 aromatic carbocycles. The molecule has 1 amide bonds. The Bertz CT molecular complexity index is 2250. The maximum Gasteiger partial charge on any atom is 0.337 e. The van der Waals surface area contributed by atoms with Crippen molar-refractivity contribution in [3.05, 3.63) is 155 Å². The smallest absolute Gasteiger partial charge is 0.337 e. The third kappa shape index (κ3) is 13.3. The molecule has 0 unspecified atom stereocenters. The lowest BCUT2D eigenvalue weighted by molar-refractivity contribution is -0.168. The number of methoxy groups -OCH3 is 1. The van der Waals surface area contributed by atoms with Crippen LogP contribution in [-0.2, 0) is 41.6 Å². The third-order valence-electron chi connectivity index (χ3n) is 9.99. The van der Waals surface area contributed by atoms with Gasteiger partial charge in [0.2, 0.25) is 5.91 Å². The van der Waals surface area contributed by atoms with Crippen molar-refractivity contribution in [3.63, 3.8) is 0 Å². The van der Waals surface area contributed by atoms with E-state index in [4.69, 9.17) is 14.2 Å². The molecule has 5 rings (SSSR count). The van der Waals surface area contributed by atoms with Gasteiger partial charge in [-0.05, 0) is 112 Å². The zero-order valence-electron chi connectivity index (χ0n) is 35.6. The molecule has 0 saturated heterocycles. The summed E-state index contributed by atoms with van der Waals surface area (Å²) in [6, 6.07) is 39.5. The predicted molar refractivity (Wildman–Crippen MR) is 234 cm³/mol. The monoisotopic (exact) mass is 795 g/mol. The van der Waals surface area contributed by atoms with E-state index >= 15 is 0 Å². The Kier molecular flexibility index (Phi) is 14.7. The molecule has 3 atom stereocenters. The predicted octanol–water partition coefficient (Wildman–Crippen LogP) is 10.6. The first-order valence-corrected chi connectivity index (χ1v) is 20.2. The highest BCUT2D eigenvalue weighted by atomic mass is 16.6. The normalized spacial score (nSPS) is 13.4. The number of rotatable bonds is 15. The molecule has 0 fully saturated rings. The second-order valence-electron chi connectivity index (χ2n) is 17.1. The van der Waals surface area contributed by atoms with E-state index in [1.165, 1.54) is 7.11 Å². The molecule has 59 heavy (non-hydrogen) atoms. The Hall–Kier alpha value is -6.02. The maximum atomic E-state index is 14.9. The minimum atomic E-state index is -1.08. The number of nitrogens with zero attached hydrogens (tertiary/aromatic N) is 1. The average molecular weight is 796 g/mol. The summed E-state index contributed by atoms with van der Waals surface area (Å²) >= 11 is 0. The van der Waals surface area contributed by atoms with Gasteiger partial charge in [-0.25, -0.2) is 4.79 Å². The van der Waals surface area contributed by atoms with Crippen LogP contribution < -0.4 is 0 Å². The number of fused-ring (bicyclic) bond motifs is 1. The Balaban J connectivity index is 1.56. The van der Waals surface area contributed by atoms with Crippen LogP contribution in [0, 0.1) is 5.92 Å². The summed E-state index contributed by atoms with van der Waals surface area (Å²) in [6.45, 7) is 12.8. The molecule has 0 aromatic heterocycles. The fraction of sp³-hybridized carbons (Fsp3) is 0.333. The number of carbonyl (C=O) groups is 4. The fourth-order valence-corrected chi connectivity index (χ4v) is 7.13. The molecule has 5 aromatic rings. The number of ether oxygens (including phenoxy) is 3. The van der Waals surface area contributed by atoms with Gasteiger partial charge in [-0.2, -0.15) is 0 Å². The van der Waals surface area contributed by atoms with Crippen LogP contribution in [0.2, 0.25) is 0 Å². The molecule has 308 valence electrons. The number of hydrogen-bond acceptors (Lipinski definition) is 7. The van der Waals surface area contributed by atoms with Gasteiger partial charge < -0.3 is 19.1 Å². The number of hydrogen-bond donors (Lipinski definition) is 0. The minimum absolute atomic E-state index is 0.245. The molecule has 0 spiro atoms. The van der Waals surface area contributed by atoms with Crippen molar-refractivity contribution in [1.29, 1.82) is 0 Å². The van der Waals surface area contributed by atoms with E-state index in [1.807, 2.05) is 84.6 Å². The van der Waals surface area contributed by atoms with E-state index in [1.54, 1.807) is 53.7 Å². The van der Waals surface area contributed by atoms with Gasteiger partial charge in [-0.3, -0.25) is 14.4 Å². The van der Waals surface area contributed by atoms with Crippen LogP contribution in [0.5, 0.6) is 0 Å². The Labute approximate surface area is 349 Å². The highest BCUT2D eigenvalue weighted by molar-refractivity contribution is 5.89. The maximum absolute atomic E-state index is 14.9. The van der Waals surface area contributed by atoms with Gasteiger partial charge in [0.1, 0.15) is 11.2 Å². The van der Waals surface area contributed by atoms with E-state index in [2.05, 4.69) is 48.6 Å². The summed E-state index contributed by atoms with van der Waals surface area (Å²) in [5, 5.41) is 2.12. The largest absolute Gasteiger partial charge is 0.465 e. The lowest BCUT2D eigenvalue weighted by Gasteiger charge is -2.36. The van der Waals surface area contributed by atoms with Gasteiger partial charge in [0, 0.05) is 24.9 Å². The van der Waals surface area contributed by atoms with Crippen molar-refractivity contribution in [2.45, 2.75) is 97.4 Å². The SMILES string of the molecule is COC(=O)c1ccc([C@@H](Cc2cccc(/C=C/c3ccccc3)c2)[C@@H](C)N(Cc2ccc3ccccc3c2)C(=O)C[C@H](CC(=O)OC(C)(C)C)C(=O)OC(C)(C)C)cc1. The molecule has 0 radical (unpaired) electrons. The third-order valence-corrected chi connectivity index (χ3v) is 9.99. The summed E-state index contributed by atoms with van der Waals surface area (Å²) in [5.41, 5.74) is 3.82. The van der Waals surface area contributed by atoms with Crippen LogP contribution in [0.3, 0.4) is 0 Å². The van der Waals surface area contributed by atoms with Crippen LogP contribution in [-0.4, -0.2) is 53.1 Å². The summed E-state index contributed by atoms with van der Waals surface area (Å²) in [6.07, 6.45) is 4.14. The van der Waals surface area contributed by atoms with E-state index < -0.39 is 41.1 Å². The number of carbonyl (C=O) groups excluding carboxylic acids is 4. The van der Waals surface area contributed by atoms with Gasteiger partial charge >= 0.3 is 17.9 Å². The summed E-state index contributed by atoms with van der Waals surface area (Å²) in [7, 11) is 1.35. The summed E-state index contributed by atoms with van der Waals surface area (Å²) in [4.78, 5) is 56.1. The lowest BCUT2D eigenvalue weighted by Crippen LogP contribution is -2.44. The number of benzene rings is 5. The van der Waals surface area contributed by atoms with E-state index in [-0.39, 0.29) is 31.2 Å². The minimum Gasteiger partial charge on any atom is -0.465 e. The first-order chi connectivity index (χ1) is 28.0. The first kappa shape index (κ1) is 44.1. The summed E-state index contributed by atoms with van der Waals surface area (Å²) < 4.78 is 16.4. The number of amides is 1. The first-order valence-electron chi connectivity index (χ1n) is 20.2. The lowest BCUT2D eigenvalue weighted by atomic mass is 9.84. The molecular formula is C51H57NO7. The molecule has 8 heteroatoms. The molecular weight excluding hydrogens is 739 g/mol. The van der Waals surface area contributed by atoms with Gasteiger partial charge in [0.25, 0.3) is 0 Å². The highest BCUT2D eigenvalue weighted by Crippen LogP contribution is 2.32. The molecule has 0 aliphatic rings. The van der Waals surface area contributed by atoms with Gasteiger partial charge in [0.15, 0.2) is 0 Å². The van der Waals surface area contributed by atoms with Crippen LogP contribution in [0.25, 0.3) is 22.9 Å². The standard InChI is InChI=1S/C51H57NO7/c1-35(45(41-25-27-42(28-26-41)48(55)57-8)31-38-18-14-17-37(29-38)22-21-36-15-10-9-11-16-36)52(34-39-23-24-40-19-12-13-20-43(40)30-39)46(53)32-44(49(56)59-51(5,6)7)33-47(54)58-50(2,3)4/h9-30,35,44-45H,31-34H2,1-8H3/b22-21+/t35-,44-,45+/m1/s1. The second kappa shape index (κ2) is 19.6. The Morgan fingerprint density at radius 1 is 0.644 bits per heavy atom. The molecule has 0 aliphatic heterocycles. The van der Waals surface area contributed by atoms with Crippen LogP contribution >= 0.6 is 0 Å². The van der Waals surface area contributed by atoms with Gasteiger partial charge in [-0.1, -0.05) is 115 Å². The van der Waals surface area contributed by atoms with Crippen LogP contribution in [0.1, 0.15) is 105 Å². The number of esters is 3. The molecule has 8 nitrogen and oxygen atoms in total. The van der Waals surface area contributed by atoms with Gasteiger partial charge in [-0.15, -0.1) is 0 Å². The van der Waals surface area contributed by atoms with Gasteiger partial charge in [0.05, 0.1) is 25.0 Å². The zero-order chi connectivity index (χ0) is 42.7. The molecule has 0 saturated carbocycles. The molecule has 0 aliphatic carbocycles. The summed E-state index contributed by atoms with van der Waals surface area (Å²) in [5.74, 6) is -3.30. The van der Waals surface area contributed by atoms with Crippen molar-refractivity contribution >= 4 is 46.7 Å². The fourth-order valence-electron chi connectivity index (χ4n) is 7.13. The topological polar surface area (TPSA) is 99.2 Å². The Morgan fingerprint density at radius 2 is 1.27 bits per heavy atom. The molecule has 0 N–H and O–H groups in total. The van der Waals surface area contributed by atoms with Crippen LogP contribution in [0.15, 0.2) is 121 Å². The van der Waals surface area contributed by atoms with E-state index in [9.17, 15) is 19.2 Å². The van der Waals surface area contributed by atoms with Crippen molar-refractivity contribution in [1.82, 2.24) is 4.90 Å². The van der Waals surface area contributed by atoms with Crippen molar-refractivity contribution in [3.8, 4) is 0 Å².